The van der Waals surface area contributed by atoms with Crippen molar-refractivity contribution in [2.45, 2.75) is 12.5 Å². The summed E-state index contributed by atoms with van der Waals surface area (Å²) in [5.74, 6) is -0.451. The Labute approximate surface area is 217 Å². The van der Waals surface area contributed by atoms with E-state index in [9.17, 15) is 25.1 Å². The molecule has 1 heterocycles. The number of aliphatic hydroxyl groups excluding tert-OH is 1. The van der Waals surface area contributed by atoms with Gasteiger partial charge >= 0.3 is 5.97 Å². The van der Waals surface area contributed by atoms with E-state index in [4.69, 9.17) is 4.42 Å². The maximum Gasteiger partial charge on any atom is 0.328 e. The molecule has 1 aromatic heterocycles. The third kappa shape index (κ3) is 4.98. The predicted octanol–water partition coefficient (Wildman–Crippen LogP) is 6.12. The number of para-hydroxylation sites is 1. The highest BCUT2D eigenvalue weighted by molar-refractivity contribution is 5.96. The van der Waals surface area contributed by atoms with Gasteiger partial charge in [-0.05, 0) is 34.4 Å². The summed E-state index contributed by atoms with van der Waals surface area (Å²) in [5, 5.41) is 33.7. The van der Waals surface area contributed by atoms with Gasteiger partial charge in [0.05, 0.1) is 11.5 Å². The van der Waals surface area contributed by atoms with Gasteiger partial charge in [-0.15, -0.1) is 0 Å². The Morgan fingerprint density at radius 1 is 0.895 bits per heavy atom. The highest BCUT2D eigenvalue weighted by atomic mass is 16.6. The van der Waals surface area contributed by atoms with Crippen LogP contribution in [-0.2, 0) is 11.2 Å². The molecule has 0 aliphatic carbocycles. The van der Waals surface area contributed by atoms with Crippen LogP contribution in [0.1, 0.15) is 11.3 Å². The second-order valence-corrected chi connectivity index (χ2v) is 8.84. The minimum absolute atomic E-state index is 0.0206. The second-order valence-electron chi connectivity index (χ2n) is 8.84. The van der Waals surface area contributed by atoms with Crippen LogP contribution in [0.2, 0.25) is 0 Å². The molecule has 0 spiro atoms. The normalized spacial score (nSPS) is 11.8. The van der Waals surface area contributed by atoms with E-state index in [1.54, 1.807) is 6.07 Å². The van der Waals surface area contributed by atoms with Crippen molar-refractivity contribution in [1.82, 2.24) is 0 Å². The third-order valence-electron chi connectivity index (χ3n) is 6.39. The summed E-state index contributed by atoms with van der Waals surface area (Å²) < 4.78 is 6.24. The molecule has 0 fully saturated rings. The van der Waals surface area contributed by atoms with Crippen LogP contribution < -0.4 is 5.32 Å². The Morgan fingerprint density at radius 3 is 2.24 bits per heavy atom. The number of anilines is 1. The number of aliphatic carboxylic acids is 1. The molecule has 4 aromatic carbocycles. The number of nitrogens with one attached hydrogen (secondary N) is 1. The molecule has 0 aliphatic rings. The van der Waals surface area contributed by atoms with E-state index in [-0.39, 0.29) is 11.4 Å². The summed E-state index contributed by atoms with van der Waals surface area (Å²) in [5.41, 5.74) is 5.01. The zero-order valence-electron chi connectivity index (χ0n) is 20.2. The van der Waals surface area contributed by atoms with E-state index in [1.807, 2.05) is 66.7 Å². The van der Waals surface area contributed by atoms with Gasteiger partial charge in [-0.3, -0.25) is 10.1 Å². The van der Waals surface area contributed by atoms with Crippen LogP contribution in [0.25, 0.3) is 33.2 Å². The van der Waals surface area contributed by atoms with Crippen molar-refractivity contribution in [2.24, 2.45) is 0 Å². The number of nitro benzene ring substituents is 1. The number of benzene rings is 4. The van der Waals surface area contributed by atoms with Gasteiger partial charge in [0.1, 0.15) is 23.1 Å². The van der Waals surface area contributed by atoms with Crippen molar-refractivity contribution < 1.29 is 24.3 Å². The molecule has 3 N–H and O–H groups in total. The van der Waals surface area contributed by atoms with Crippen LogP contribution in [0.3, 0.4) is 0 Å². The van der Waals surface area contributed by atoms with E-state index in [2.05, 4.69) is 17.4 Å². The molecule has 0 amide bonds. The van der Waals surface area contributed by atoms with E-state index in [0.29, 0.717) is 12.0 Å². The number of fused-ring (bicyclic) bond motifs is 1. The Morgan fingerprint density at radius 2 is 1.55 bits per heavy atom. The molecule has 0 unspecified atom stereocenters. The first-order valence-electron chi connectivity index (χ1n) is 12.0. The van der Waals surface area contributed by atoms with E-state index in [0.717, 1.165) is 39.0 Å². The van der Waals surface area contributed by atoms with Gasteiger partial charge < -0.3 is 19.9 Å². The van der Waals surface area contributed by atoms with Crippen molar-refractivity contribution in [3.05, 3.63) is 118 Å². The van der Waals surface area contributed by atoms with Gasteiger partial charge in [0.15, 0.2) is 0 Å². The average Bonchev–Trinajstić information content (AvgIpc) is 3.29. The second kappa shape index (κ2) is 10.6. The predicted molar refractivity (Wildman–Crippen MR) is 145 cm³/mol. The number of carboxylic acid groups (broad SMARTS) is 1. The zero-order valence-corrected chi connectivity index (χ0v) is 20.2. The van der Waals surface area contributed by atoms with Crippen molar-refractivity contribution in [2.75, 3.05) is 11.9 Å². The van der Waals surface area contributed by atoms with Crippen molar-refractivity contribution >= 4 is 28.3 Å². The van der Waals surface area contributed by atoms with Crippen LogP contribution in [0.5, 0.6) is 0 Å². The third-order valence-corrected chi connectivity index (χ3v) is 6.39. The number of furan rings is 1. The minimum atomic E-state index is -1.35. The van der Waals surface area contributed by atoms with Crippen LogP contribution in [0, 0.1) is 10.1 Å². The summed E-state index contributed by atoms with van der Waals surface area (Å²) in [7, 11) is 0. The fourth-order valence-electron chi connectivity index (χ4n) is 4.51. The molecule has 0 aliphatic heterocycles. The summed E-state index contributed by atoms with van der Waals surface area (Å²) in [6, 6.07) is 28.9. The molecule has 190 valence electrons. The first kappa shape index (κ1) is 24.7. The fourth-order valence-corrected chi connectivity index (χ4v) is 4.51. The van der Waals surface area contributed by atoms with Gasteiger partial charge in [0, 0.05) is 23.4 Å². The van der Waals surface area contributed by atoms with Gasteiger partial charge in [-0.1, -0.05) is 78.9 Å². The number of nitrogens with zero attached hydrogens (tertiary/aromatic N) is 1. The molecule has 0 bridgehead atoms. The number of carbonyl (C=O) groups is 1. The first-order valence-corrected chi connectivity index (χ1v) is 12.0. The largest absolute Gasteiger partial charge is 0.480 e. The topological polar surface area (TPSA) is 126 Å². The highest BCUT2D eigenvalue weighted by Gasteiger charge is 2.22. The Bertz CT molecular complexity index is 1610. The zero-order chi connectivity index (χ0) is 26.6. The average molecular weight is 509 g/mol. The number of hydrogen-bond donors (Lipinski definition) is 3. The van der Waals surface area contributed by atoms with Crippen LogP contribution >= 0.6 is 0 Å². The molecule has 0 saturated carbocycles. The van der Waals surface area contributed by atoms with Gasteiger partial charge in [0.2, 0.25) is 0 Å². The molecule has 8 nitrogen and oxygen atoms in total. The number of hydrogen-bond acceptors (Lipinski definition) is 6. The van der Waals surface area contributed by atoms with E-state index < -0.39 is 23.5 Å². The first-order chi connectivity index (χ1) is 18.4. The van der Waals surface area contributed by atoms with Crippen molar-refractivity contribution in [3.63, 3.8) is 0 Å². The highest BCUT2D eigenvalue weighted by Crippen LogP contribution is 2.38. The molecule has 5 rings (SSSR count). The minimum Gasteiger partial charge on any atom is -0.480 e. The maximum atomic E-state index is 11.7. The maximum absolute atomic E-state index is 11.7. The van der Waals surface area contributed by atoms with E-state index >= 15 is 0 Å². The molecular formula is C30H24N2O6. The SMILES string of the molecule is O=C(O)[C@H](CO)Nc1ccc(-c2ccc(-c3c(Cc4ccccc4)oc4ccccc34)cc2)cc1[N+](=O)[O-]. The summed E-state index contributed by atoms with van der Waals surface area (Å²) in [4.78, 5) is 22.4. The molecule has 0 saturated heterocycles. The lowest BCUT2D eigenvalue weighted by Crippen LogP contribution is -2.32. The summed E-state index contributed by atoms with van der Waals surface area (Å²) >= 11 is 0. The smallest absolute Gasteiger partial charge is 0.328 e. The molecule has 0 radical (unpaired) electrons. The number of nitro groups is 1. The van der Waals surface area contributed by atoms with Gasteiger partial charge in [0.25, 0.3) is 5.69 Å². The Hall–Kier alpha value is -4.95. The molecular weight excluding hydrogens is 484 g/mol. The molecule has 1 atom stereocenters. The van der Waals surface area contributed by atoms with Crippen molar-refractivity contribution in [3.8, 4) is 22.3 Å². The van der Waals surface area contributed by atoms with Crippen LogP contribution in [-0.4, -0.2) is 33.8 Å². The molecule has 38 heavy (non-hydrogen) atoms. The number of aliphatic hydroxyl groups is 1. The standard InChI is InChI=1S/C30H24N2O6/c33-18-25(30(34)35)31-24-15-14-22(17-26(24)32(36)37)20-10-12-21(13-11-20)29-23-8-4-5-9-27(23)38-28(29)16-19-6-2-1-3-7-19/h1-15,17,25,31,33H,16,18H2,(H,34,35)/t25-/m0/s1. The Kier molecular flexibility index (Phi) is 6.88. The molecule has 8 heteroatoms. The lowest BCUT2D eigenvalue weighted by Gasteiger charge is -2.14. The van der Waals surface area contributed by atoms with Gasteiger partial charge in [-0.25, -0.2) is 4.79 Å². The van der Waals surface area contributed by atoms with E-state index in [1.165, 1.54) is 12.1 Å². The summed E-state index contributed by atoms with van der Waals surface area (Å²) in [6.45, 7) is -0.704. The summed E-state index contributed by atoms with van der Waals surface area (Å²) in [6.07, 6.45) is 0.637. The number of carboxylic acids is 1. The quantitative estimate of drug-likeness (QED) is 0.162. The van der Waals surface area contributed by atoms with Crippen molar-refractivity contribution in [1.29, 1.82) is 0 Å². The number of rotatable bonds is 9. The Balaban J connectivity index is 1.50. The lowest BCUT2D eigenvalue weighted by molar-refractivity contribution is -0.383. The lowest BCUT2D eigenvalue weighted by atomic mass is 9.96. The monoisotopic (exact) mass is 508 g/mol. The molecule has 5 aromatic rings. The van der Waals surface area contributed by atoms with Crippen LogP contribution in [0.15, 0.2) is 101 Å². The van der Waals surface area contributed by atoms with Gasteiger partial charge in [-0.2, -0.15) is 0 Å². The fraction of sp³-hybridized carbons (Fsp3) is 0.100. The van der Waals surface area contributed by atoms with Crippen LogP contribution in [0.4, 0.5) is 11.4 Å².